The van der Waals surface area contributed by atoms with E-state index in [0.717, 1.165) is 6.08 Å². The Balaban J connectivity index is -0.000000508. The maximum Gasteiger partial charge on any atom is 2.00 e. The molecule has 0 aromatic carbocycles. The predicted molar refractivity (Wildman–Crippen MR) is 56.0 cm³/mol. The molecule has 5 atom stereocenters. The molecule has 0 aromatic heterocycles. The van der Waals surface area contributed by atoms with Crippen molar-refractivity contribution in [3.8, 4) is 6.07 Å². The summed E-state index contributed by atoms with van der Waals surface area (Å²) in [5.74, 6) is 0. The van der Waals surface area contributed by atoms with Gasteiger partial charge in [0.05, 0.1) is 0 Å². The van der Waals surface area contributed by atoms with Crippen molar-refractivity contribution in [2.75, 3.05) is 13.2 Å². The van der Waals surface area contributed by atoms with Crippen molar-refractivity contribution < 1.29 is 48.2 Å². The number of aliphatic hydroxyl groups excluding tert-OH is 2. The minimum Gasteiger partial charge on any atom is -0.428 e. The van der Waals surface area contributed by atoms with Crippen LogP contribution in [0.1, 0.15) is 38.8 Å². The molecular weight excluding hydrogens is 416 g/mol. The molecule has 0 amide bonds. The SMILES string of the molecule is [3H]C([CH-]CO)C([3H])C([3H])C([3H])C([3H])CO.[CH-]=CC#N.[U+2]. The summed E-state index contributed by atoms with van der Waals surface area (Å²) in [5, 5.41) is 24.6. The van der Waals surface area contributed by atoms with Crippen molar-refractivity contribution in [1.82, 2.24) is 0 Å². The summed E-state index contributed by atoms with van der Waals surface area (Å²) in [5.41, 5.74) is 0. The molecule has 0 saturated heterocycles. The van der Waals surface area contributed by atoms with Crippen molar-refractivity contribution >= 4 is 0 Å². The molecule has 4 heteroatoms. The Kier molecular flexibility index (Phi) is 16.4. The first-order valence-corrected chi connectivity index (χ1v) is 3.96. The predicted octanol–water partition coefficient (Wildman–Crippen LogP) is 1.62. The molecule has 0 spiro atoms. The van der Waals surface area contributed by atoms with Gasteiger partial charge in [0.1, 0.15) is 0 Å². The second-order valence-electron chi connectivity index (χ2n) is 1.90. The Bertz CT molecular complexity index is 280. The molecule has 0 rings (SSSR count). The number of rotatable bonds is 7. The number of nitrogens with zero attached hydrogens (tertiary/aromatic N) is 1. The normalized spacial score (nSPS) is 23.1. The van der Waals surface area contributed by atoms with Crippen LogP contribution in [0, 0.1) is 55.4 Å². The van der Waals surface area contributed by atoms with Gasteiger partial charge in [0.2, 0.25) is 0 Å². The Morgan fingerprint density at radius 1 is 1.33 bits per heavy atom. The summed E-state index contributed by atoms with van der Waals surface area (Å²) >= 11 is 0. The van der Waals surface area contributed by atoms with Gasteiger partial charge in [-0.3, -0.25) is 6.58 Å². The van der Waals surface area contributed by atoms with Crippen LogP contribution in [-0.4, -0.2) is 23.4 Å². The maximum absolute atomic E-state index is 8.63. The van der Waals surface area contributed by atoms with E-state index >= 15 is 0 Å². The summed E-state index contributed by atoms with van der Waals surface area (Å²) < 4.78 is 37.0. The van der Waals surface area contributed by atoms with Crippen molar-refractivity contribution in [3.05, 3.63) is 19.1 Å². The zero-order chi connectivity index (χ0) is 15.4. The molecule has 84 valence electrons. The molecule has 15 heavy (non-hydrogen) atoms. The van der Waals surface area contributed by atoms with Crippen LogP contribution in [0.25, 0.3) is 0 Å². The van der Waals surface area contributed by atoms with E-state index in [0.29, 0.717) is 0 Å². The number of hydrogen-bond acceptors (Lipinski definition) is 3. The molecule has 5 unspecified atom stereocenters. The van der Waals surface area contributed by atoms with E-state index in [1.807, 2.05) is 0 Å². The first-order valence-electron chi connectivity index (χ1n) is 6.85. The third-order valence-corrected chi connectivity index (χ3v) is 0.891. The molecule has 0 saturated carbocycles. The molecule has 0 aliphatic carbocycles. The molecule has 0 aliphatic heterocycles. The van der Waals surface area contributed by atoms with Gasteiger partial charge in [-0.2, -0.15) is 12.5 Å². The molecule has 3 nitrogen and oxygen atoms in total. The topological polar surface area (TPSA) is 64.2 Å². The number of nitriles is 1. The van der Waals surface area contributed by atoms with Gasteiger partial charge in [-0.05, 0) is 7.77 Å². The quantitative estimate of drug-likeness (QED) is 0.463. The van der Waals surface area contributed by atoms with Crippen molar-refractivity contribution in [2.45, 2.75) is 32.0 Å². The van der Waals surface area contributed by atoms with Crippen LogP contribution < -0.4 is 0 Å². The van der Waals surface area contributed by atoms with Gasteiger partial charge in [0, 0.05) is 12.1 Å². The Morgan fingerprint density at radius 3 is 2.27 bits per heavy atom. The molecular formula is C11H19NO2U. The van der Waals surface area contributed by atoms with Gasteiger partial charge in [-0.15, -0.1) is 6.07 Å². The molecule has 0 aliphatic rings. The molecule has 0 heterocycles. The van der Waals surface area contributed by atoms with E-state index in [2.05, 4.69) is 6.58 Å². The number of hydrogen-bond donors (Lipinski definition) is 2. The Morgan fingerprint density at radius 2 is 1.87 bits per heavy atom. The minimum atomic E-state index is -1.23. The Hall–Kier alpha value is 0.202. The second-order valence-corrected chi connectivity index (χ2v) is 1.90. The zero-order valence-electron chi connectivity index (χ0n) is 13.4. The van der Waals surface area contributed by atoms with Crippen LogP contribution in [0.5, 0.6) is 0 Å². The van der Waals surface area contributed by atoms with Crippen molar-refractivity contribution in [3.63, 3.8) is 0 Å². The van der Waals surface area contributed by atoms with Crippen LogP contribution >= 0.6 is 0 Å². The van der Waals surface area contributed by atoms with Gasteiger partial charge in [-0.1, -0.05) is 25.8 Å². The van der Waals surface area contributed by atoms with E-state index in [1.165, 1.54) is 6.42 Å². The number of aliphatic hydroxyl groups is 2. The van der Waals surface area contributed by atoms with Crippen LogP contribution in [0.15, 0.2) is 6.08 Å². The fraction of sp³-hybridized carbons (Fsp3) is 0.636. The third-order valence-electron chi connectivity index (χ3n) is 0.891. The summed E-state index contributed by atoms with van der Waals surface area (Å²) in [7, 11) is 0. The fourth-order valence-electron chi connectivity index (χ4n) is 0.407. The van der Waals surface area contributed by atoms with E-state index < -0.39 is 38.6 Å². The number of allylic oxidation sites excluding steroid dienone is 1. The Labute approximate surface area is 124 Å². The van der Waals surface area contributed by atoms with E-state index in [1.54, 1.807) is 6.07 Å². The van der Waals surface area contributed by atoms with Gasteiger partial charge in [0.25, 0.3) is 0 Å². The molecule has 0 radical (unpaired) electrons. The van der Waals surface area contributed by atoms with Crippen LogP contribution in [0.3, 0.4) is 0 Å². The van der Waals surface area contributed by atoms with Crippen LogP contribution in [-0.2, 0) is 0 Å². The largest absolute Gasteiger partial charge is 2.00 e. The van der Waals surface area contributed by atoms with Gasteiger partial charge in [0.15, 0.2) is 0 Å². The van der Waals surface area contributed by atoms with E-state index in [4.69, 9.17) is 22.3 Å². The summed E-state index contributed by atoms with van der Waals surface area (Å²) in [6.45, 7) is 3.67. The minimum absolute atomic E-state index is 0. The van der Waals surface area contributed by atoms with Gasteiger partial charge < -0.3 is 21.9 Å². The van der Waals surface area contributed by atoms with E-state index in [9.17, 15) is 0 Å². The molecule has 0 fully saturated rings. The van der Waals surface area contributed by atoms with Crippen LogP contribution in [0.2, 0.25) is 0 Å². The van der Waals surface area contributed by atoms with E-state index in [-0.39, 0.29) is 37.7 Å². The average molecular weight is 445 g/mol. The van der Waals surface area contributed by atoms with Crippen molar-refractivity contribution in [1.29, 1.82) is 5.26 Å². The summed E-state index contributed by atoms with van der Waals surface area (Å²) in [6, 6.07) is 1.58. The second kappa shape index (κ2) is 23.8. The first-order chi connectivity index (χ1) is 8.87. The third kappa shape index (κ3) is 31.4. The van der Waals surface area contributed by atoms with Crippen molar-refractivity contribution in [2.24, 2.45) is 0 Å². The van der Waals surface area contributed by atoms with Gasteiger partial charge in [-0.25, -0.2) is 0 Å². The smallest absolute Gasteiger partial charge is 0.428 e. The molecule has 2 N–H and O–H groups in total. The fourth-order valence-corrected chi connectivity index (χ4v) is 0.407. The average Bonchev–Trinajstić information content (AvgIpc) is 2.44. The molecule has 0 bridgehead atoms. The van der Waals surface area contributed by atoms with Gasteiger partial charge >= 0.3 is 31.1 Å². The standard InChI is InChI=1S/C8H17O2.C3H2N.U/c9-7-5-3-1-2-4-6-8-10;1-2-3-4;/h5,9-10H,1-4,6-8H2;1-2H;/q2*-1;+2/i1T,2T,3T,4T,6T;;. The summed E-state index contributed by atoms with van der Waals surface area (Å²) in [6.07, 6.45) is -3.69. The van der Waals surface area contributed by atoms with Crippen LogP contribution in [0.4, 0.5) is 0 Å². The zero-order valence-corrected chi connectivity index (χ0v) is 12.5. The molecule has 0 aromatic rings. The summed E-state index contributed by atoms with van der Waals surface area (Å²) in [4.78, 5) is 0. The first kappa shape index (κ1) is 10.4. The monoisotopic (exact) mass is 445 g/mol. The maximum atomic E-state index is 8.63.